The van der Waals surface area contributed by atoms with Crippen molar-refractivity contribution in [2.75, 3.05) is 6.61 Å². The number of benzene rings is 1. The second-order valence-corrected chi connectivity index (χ2v) is 4.65. The molecule has 4 heteroatoms. The number of hydrogen-bond acceptors (Lipinski definition) is 3. The van der Waals surface area contributed by atoms with Crippen molar-refractivity contribution in [3.8, 4) is 5.75 Å². The molecule has 104 valence electrons. The average Bonchev–Trinajstić information content (AvgIpc) is 2.47. The van der Waals surface area contributed by atoms with E-state index in [1.165, 1.54) is 0 Å². The first-order chi connectivity index (χ1) is 9.65. The molecule has 0 aliphatic rings. The van der Waals surface area contributed by atoms with Gasteiger partial charge in [-0.25, -0.2) is 0 Å². The van der Waals surface area contributed by atoms with Gasteiger partial charge in [0.15, 0.2) is 6.61 Å². The van der Waals surface area contributed by atoms with Crippen LogP contribution in [0.3, 0.4) is 0 Å². The Balaban J connectivity index is 1.82. The fraction of sp³-hybridized carbons (Fsp3) is 0.250. The third-order valence-electron chi connectivity index (χ3n) is 2.90. The molecular weight excluding hydrogens is 252 g/mol. The Morgan fingerprint density at radius 3 is 2.65 bits per heavy atom. The first-order valence-corrected chi connectivity index (χ1v) is 6.55. The third kappa shape index (κ3) is 4.09. The van der Waals surface area contributed by atoms with Gasteiger partial charge in [-0.1, -0.05) is 23.8 Å². The van der Waals surface area contributed by atoms with Crippen LogP contribution in [-0.2, 0) is 4.79 Å². The normalized spacial score (nSPS) is 11.7. The Bertz CT molecular complexity index is 552. The molecule has 0 aliphatic heterocycles. The second-order valence-electron chi connectivity index (χ2n) is 4.65. The number of carbonyl (C=O) groups is 1. The number of pyridine rings is 1. The topological polar surface area (TPSA) is 51.2 Å². The number of rotatable bonds is 5. The summed E-state index contributed by atoms with van der Waals surface area (Å²) in [4.78, 5) is 16.0. The number of aryl methyl sites for hydroxylation is 1. The number of carbonyl (C=O) groups excluding carboxylic acids is 1. The molecular formula is C16H18N2O2. The van der Waals surface area contributed by atoms with E-state index in [9.17, 15) is 4.79 Å². The number of amides is 1. The monoisotopic (exact) mass is 270 g/mol. The number of nitrogens with one attached hydrogen (secondary N) is 1. The first kappa shape index (κ1) is 14.1. The Morgan fingerprint density at radius 1 is 1.25 bits per heavy atom. The van der Waals surface area contributed by atoms with E-state index in [1.807, 2.05) is 56.3 Å². The van der Waals surface area contributed by atoms with Gasteiger partial charge in [-0.2, -0.15) is 0 Å². The molecule has 1 heterocycles. The number of aromatic nitrogens is 1. The van der Waals surface area contributed by atoms with Crippen molar-refractivity contribution in [3.05, 3.63) is 59.9 Å². The molecule has 1 atom stereocenters. The molecule has 2 aromatic rings. The predicted octanol–water partition coefficient (Wildman–Crippen LogP) is 2.65. The van der Waals surface area contributed by atoms with E-state index in [2.05, 4.69) is 10.3 Å². The summed E-state index contributed by atoms with van der Waals surface area (Å²) in [5.74, 6) is 0.528. The summed E-state index contributed by atoms with van der Waals surface area (Å²) in [7, 11) is 0. The minimum absolute atomic E-state index is 0.000233. The molecule has 0 radical (unpaired) electrons. The number of ether oxygens (including phenoxy) is 1. The van der Waals surface area contributed by atoms with E-state index >= 15 is 0 Å². The molecule has 1 aromatic carbocycles. The molecule has 4 nitrogen and oxygen atoms in total. The first-order valence-electron chi connectivity index (χ1n) is 6.55. The standard InChI is InChI=1S/C16H18N2O2/c1-12-6-8-14(9-7-12)20-11-16(19)18-13(2)15-5-3-4-10-17-15/h3-10,13H,11H2,1-2H3,(H,18,19). The molecule has 0 spiro atoms. The Kier molecular flexibility index (Phi) is 4.71. The maximum Gasteiger partial charge on any atom is 0.258 e. The SMILES string of the molecule is Cc1ccc(OCC(=O)NC(C)c2ccccn2)cc1. The van der Waals surface area contributed by atoms with Crippen LogP contribution in [0.5, 0.6) is 5.75 Å². The molecule has 1 N–H and O–H groups in total. The van der Waals surface area contributed by atoms with Gasteiger partial charge in [-0.3, -0.25) is 9.78 Å². The van der Waals surface area contributed by atoms with Crippen LogP contribution in [0.25, 0.3) is 0 Å². The second kappa shape index (κ2) is 6.70. The fourth-order valence-corrected chi connectivity index (χ4v) is 1.77. The van der Waals surface area contributed by atoms with Crippen molar-refractivity contribution in [3.63, 3.8) is 0 Å². The zero-order valence-electron chi connectivity index (χ0n) is 11.7. The smallest absolute Gasteiger partial charge is 0.258 e. The summed E-state index contributed by atoms with van der Waals surface area (Å²) < 4.78 is 5.43. The minimum atomic E-state index is -0.163. The van der Waals surface area contributed by atoms with Crippen LogP contribution in [0.2, 0.25) is 0 Å². The van der Waals surface area contributed by atoms with E-state index in [1.54, 1.807) is 6.20 Å². The largest absolute Gasteiger partial charge is 0.484 e. The molecule has 0 saturated heterocycles. The van der Waals surface area contributed by atoms with Gasteiger partial charge in [0, 0.05) is 6.20 Å². The van der Waals surface area contributed by atoms with Gasteiger partial charge in [-0.05, 0) is 38.1 Å². The fourth-order valence-electron chi connectivity index (χ4n) is 1.77. The van der Waals surface area contributed by atoms with Crippen LogP contribution in [0.15, 0.2) is 48.7 Å². The summed E-state index contributed by atoms with van der Waals surface area (Å²) in [6.07, 6.45) is 1.71. The summed E-state index contributed by atoms with van der Waals surface area (Å²) in [6.45, 7) is 3.90. The Labute approximate surface area is 118 Å². The van der Waals surface area contributed by atoms with Crippen molar-refractivity contribution >= 4 is 5.91 Å². The van der Waals surface area contributed by atoms with Crippen LogP contribution >= 0.6 is 0 Å². The molecule has 20 heavy (non-hydrogen) atoms. The highest BCUT2D eigenvalue weighted by atomic mass is 16.5. The summed E-state index contributed by atoms with van der Waals surface area (Å²) >= 11 is 0. The van der Waals surface area contributed by atoms with Gasteiger partial charge in [0.25, 0.3) is 5.91 Å². The minimum Gasteiger partial charge on any atom is -0.484 e. The highest BCUT2D eigenvalue weighted by Crippen LogP contribution is 2.11. The van der Waals surface area contributed by atoms with E-state index < -0.39 is 0 Å². The maximum atomic E-state index is 11.8. The Hall–Kier alpha value is -2.36. The summed E-state index contributed by atoms with van der Waals surface area (Å²) in [5, 5.41) is 2.85. The molecule has 0 saturated carbocycles. The van der Waals surface area contributed by atoms with Crippen molar-refractivity contribution in [2.45, 2.75) is 19.9 Å². The number of hydrogen-bond donors (Lipinski definition) is 1. The van der Waals surface area contributed by atoms with Crippen molar-refractivity contribution in [1.82, 2.24) is 10.3 Å². The van der Waals surface area contributed by atoms with Crippen molar-refractivity contribution < 1.29 is 9.53 Å². The molecule has 0 aliphatic carbocycles. The Morgan fingerprint density at radius 2 is 2.00 bits per heavy atom. The molecule has 1 aromatic heterocycles. The van der Waals surface area contributed by atoms with E-state index in [0.717, 1.165) is 11.3 Å². The predicted molar refractivity (Wildman–Crippen MR) is 77.5 cm³/mol. The third-order valence-corrected chi connectivity index (χ3v) is 2.90. The zero-order chi connectivity index (χ0) is 14.4. The van der Waals surface area contributed by atoms with Crippen molar-refractivity contribution in [2.24, 2.45) is 0 Å². The van der Waals surface area contributed by atoms with Crippen molar-refractivity contribution in [1.29, 1.82) is 0 Å². The van der Waals surface area contributed by atoms with Gasteiger partial charge in [0.05, 0.1) is 11.7 Å². The van der Waals surface area contributed by atoms with Gasteiger partial charge < -0.3 is 10.1 Å². The van der Waals surface area contributed by atoms with Crippen LogP contribution in [0.1, 0.15) is 24.2 Å². The van der Waals surface area contributed by atoms with Crippen LogP contribution in [0.4, 0.5) is 0 Å². The van der Waals surface area contributed by atoms with E-state index in [-0.39, 0.29) is 18.6 Å². The van der Waals surface area contributed by atoms with Gasteiger partial charge in [0.1, 0.15) is 5.75 Å². The number of nitrogens with zero attached hydrogens (tertiary/aromatic N) is 1. The zero-order valence-corrected chi connectivity index (χ0v) is 11.7. The van der Waals surface area contributed by atoms with Gasteiger partial charge >= 0.3 is 0 Å². The lowest BCUT2D eigenvalue weighted by atomic mass is 10.2. The van der Waals surface area contributed by atoms with Crippen LogP contribution in [0, 0.1) is 6.92 Å². The van der Waals surface area contributed by atoms with Gasteiger partial charge in [-0.15, -0.1) is 0 Å². The highest BCUT2D eigenvalue weighted by molar-refractivity contribution is 5.77. The quantitative estimate of drug-likeness (QED) is 0.908. The lowest BCUT2D eigenvalue weighted by molar-refractivity contribution is -0.123. The van der Waals surface area contributed by atoms with E-state index in [4.69, 9.17) is 4.74 Å². The molecule has 1 amide bonds. The highest BCUT2D eigenvalue weighted by Gasteiger charge is 2.10. The van der Waals surface area contributed by atoms with E-state index in [0.29, 0.717) is 5.75 Å². The maximum absolute atomic E-state index is 11.8. The van der Waals surface area contributed by atoms with Gasteiger partial charge in [0.2, 0.25) is 0 Å². The molecule has 0 fully saturated rings. The molecule has 1 unspecified atom stereocenters. The molecule has 2 rings (SSSR count). The van der Waals surface area contributed by atoms with Crippen LogP contribution in [-0.4, -0.2) is 17.5 Å². The summed E-state index contributed by atoms with van der Waals surface area (Å²) in [6, 6.07) is 13.1. The summed E-state index contributed by atoms with van der Waals surface area (Å²) in [5.41, 5.74) is 1.99. The lowest BCUT2D eigenvalue weighted by Crippen LogP contribution is -2.31. The average molecular weight is 270 g/mol. The lowest BCUT2D eigenvalue weighted by Gasteiger charge is -2.13. The molecule has 0 bridgehead atoms. The van der Waals surface area contributed by atoms with Crippen LogP contribution < -0.4 is 10.1 Å².